The second-order valence-corrected chi connectivity index (χ2v) is 10.4. The molecule has 0 fully saturated rings. The van der Waals surface area contributed by atoms with Gasteiger partial charge in [-0.3, -0.25) is 0 Å². The van der Waals surface area contributed by atoms with Crippen molar-refractivity contribution in [3.63, 3.8) is 0 Å². The lowest BCUT2D eigenvalue weighted by molar-refractivity contribution is -0.134. The van der Waals surface area contributed by atoms with Crippen molar-refractivity contribution >= 4 is 58.7 Å². The number of rotatable bonds is 10. The third-order valence-corrected chi connectivity index (χ3v) is 7.47. The highest BCUT2D eigenvalue weighted by molar-refractivity contribution is 8.15. The smallest absolute Gasteiger partial charge is 0.328 e. The first-order chi connectivity index (χ1) is 16.2. The Hall–Kier alpha value is -2.39. The van der Waals surface area contributed by atoms with Crippen molar-refractivity contribution in [3.8, 4) is 0 Å². The van der Waals surface area contributed by atoms with Gasteiger partial charge in [0.2, 0.25) is 0 Å². The fourth-order valence-electron chi connectivity index (χ4n) is 2.71. The molecule has 6 nitrogen and oxygen atoms in total. The van der Waals surface area contributed by atoms with Crippen LogP contribution in [-0.2, 0) is 21.9 Å². The minimum Gasteiger partial charge on any atom is -0.478 e. The molecule has 0 aliphatic heterocycles. The molecule has 1 unspecified atom stereocenters. The van der Waals surface area contributed by atoms with Gasteiger partial charge < -0.3 is 14.8 Å². The molecule has 0 spiro atoms. The second-order valence-electron chi connectivity index (χ2n) is 7.04. The van der Waals surface area contributed by atoms with Gasteiger partial charge in [0.05, 0.1) is 6.33 Å². The van der Waals surface area contributed by atoms with Gasteiger partial charge in [0.25, 0.3) is 0 Å². The first kappa shape index (κ1) is 27.9. The Labute approximate surface area is 217 Å². The fourth-order valence-corrected chi connectivity index (χ4v) is 5.78. The summed E-state index contributed by atoms with van der Waals surface area (Å²) < 4.78 is 2.09. The van der Waals surface area contributed by atoms with E-state index in [9.17, 15) is 9.59 Å². The highest BCUT2D eigenvalue weighted by atomic mass is 35.5. The first-order valence-corrected chi connectivity index (χ1v) is 13.0. The topological polar surface area (TPSA) is 92.4 Å². The molecule has 0 bridgehead atoms. The van der Waals surface area contributed by atoms with Crippen LogP contribution in [0.1, 0.15) is 21.9 Å². The van der Waals surface area contributed by atoms with Gasteiger partial charge in [-0.25, -0.2) is 14.6 Å². The molecule has 10 heteroatoms. The average Bonchev–Trinajstić information content (AvgIpc) is 3.29. The van der Waals surface area contributed by atoms with E-state index in [1.807, 2.05) is 54.2 Å². The summed E-state index contributed by atoms with van der Waals surface area (Å²) in [6.45, 7) is 2.94. The number of aliphatic carboxylic acids is 2. The van der Waals surface area contributed by atoms with Gasteiger partial charge in [0.1, 0.15) is 0 Å². The number of aryl methyl sites for hydroxylation is 1. The summed E-state index contributed by atoms with van der Waals surface area (Å²) in [5.41, 5.74) is 3.77. The predicted molar refractivity (Wildman–Crippen MR) is 141 cm³/mol. The Morgan fingerprint density at radius 3 is 2.32 bits per heavy atom. The summed E-state index contributed by atoms with van der Waals surface area (Å²) in [6, 6.07) is 14.5. The minimum atomic E-state index is -1.26. The third kappa shape index (κ3) is 10.7. The summed E-state index contributed by atoms with van der Waals surface area (Å²) in [4.78, 5) is 23.3. The highest BCUT2D eigenvalue weighted by Crippen LogP contribution is 2.38. The van der Waals surface area contributed by atoms with Crippen LogP contribution in [0, 0.1) is 6.92 Å². The lowest BCUT2D eigenvalue weighted by Crippen LogP contribution is -2.06. The fraction of sp³-hybridized carbons (Fsp3) is 0.208. The van der Waals surface area contributed by atoms with Gasteiger partial charge in [0.15, 0.2) is 0 Å². The van der Waals surface area contributed by atoms with Gasteiger partial charge in [-0.15, -0.1) is 23.5 Å². The van der Waals surface area contributed by atoms with E-state index in [-0.39, 0.29) is 5.25 Å². The zero-order chi connectivity index (χ0) is 24.9. The number of thioether (sulfide) groups is 2. The first-order valence-electron chi connectivity index (χ1n) is 10.0. The Balaban J connectivity index is 0.000000440. The standard InChI is InChI=1S/C20H20Cl2N2S2.C4H4O4/c1-15-2-4-16(5-3-15)12-25-14-26-20(11-24-9-8-23-13-24)18-7-6-17(21)10-19(18)22;5-3(6)1-2-4(7)8/h2-10,13,20H,11-12,14H2,1H3;1-2H,(H,5,6)(H,7,8). The van der Waals surface area contributed by atoms with Crippen LogP contribution in [0.5, 0.6) is 0 Å². The molecule has 1 heterocycles. The molecule has 3 aromatic rings. The van der Waals surface area contributed by atoms with Crippen molar-refractivity contribution in [2.75, 3.05) is 5.08 Å². The molecule has 180 valence electrons. The van der Waals surface area contributed by atoms with Crippen molar-refractivity contribution in [2.24, 2.45) is 0 Å². The summed E-state index contributed by atoms with van der Waals surface area (Å²) in [6.07, 6.45) is 6.75. The maximum absolute atomic E-state index is 9.55. The molecule has 34 heavy (non-hydrogen) atoms. The molecule has 0 saturated carbocycles. The average molecular weight is 540 g/mol. The molecule has 3 rings (SSSR count). The maximum atomic E-state index is 9.55. The van der Waals surface area contributed by atoms with Crippen LogP contribution in [-0.4, -0.2) is 36.8 Å². The van der Waals surface area contributed by atoms with E-state index in [4.69, 9.17) is 33.4 Å². The Morgan fingerprint density at radius 1 is 1.09 bits per heavy atom. The number of aromatic nitrogens is 2. The SMILES string of the molecule is Cc1ccc(CSCSC(Cn2ccnc2)c2ccc(Cl)cc2Cl)cc1.O=C(O)C=CC(=O)O. The summed E-state index contributed by atoms with van der Waals surface area (Å²) in [7, 11) is 0. The van der Waals surface area contributed by atoms with Gasteiger partial charge in [-0.1, -0.05) is 59.1 Å². The highest BCUT2D eigenvalue weighted by Gasteiger charge is 2.16. The normalized spacial score (nSPS) is 11.6. The van der Waals surface area contributed by atoms with E-state index < -0.39 is 11.9 Å². The van der Waals surface area contributed by atoms with E-state index in [1.165, 1.54) is 11.1 Å². The van der Waals surface area contributed by atoms with Crippen LogP contribution in [0.15, 0.2) is 73.3 Å². The number of carboxylic acids is 2. The number of carbonyl (C=O) groups is 2. The summed E-state index contributed by atoms with van der Waals surface area (Å²) >= 11 is 16.3. The predicted octanol–water partition coefficient (Wildman–Crippen LogP) is 6.58. The van der Waals surface area contributed by atoms with Gasteiger partial charge in [-0.2, -0.15) is 0 Å². The van der Waals surface area contributed by atoms with Crippen LogP contribution in [0.25, 0.3) is 0 Å². The Morgan fingerprint density at radius 2 is 1.76 bits per heavy atom. The molecule has 2 N–H and O–H groups in total. The summed E-state index contributed by atoms with van der Waals surface area (Å²) in [5.74, 6) is -1.50. The van der Waals surface area contributed by atoms with Gasteiger partial charge >= 0.3 is 11.9 Å². The number of carboxylic acid groups (broad SMARTS) is 2. The van der Waals surface area contributed by atoms with Crippen LogP contribution in [0.3, 0.4) is 0 Å². The largest absolute Gasteiger partial charge is 0.478 e. The molecule has 0 saturated heterocycles. The van der Waals surface area contributed by atoms with Gasteiger partial charge in [-0.05, 0) is 30.2 Å². The van der Waals surface area contributed by atoms with E-state index >= 15 is 0 Å². The molecule has 0 amide bonds. The molecule has 0 aliphatic rings. The van der Waals surface area contributed by atoms with Crippen LogP contribution in [0.2, 0.25) is 10.0 Å². The van der Waals surface area contributed by atoms with Crippen LogP contribution < -0.4 is 0 Å². The van der Waals surface area contributed by atoms with Crippen molar-refractivity contribution in [1.82, 2.24) is 9.55 Å². The number of benzene rings is 2. The number of imidazole rings is 1. The number of hydrogen-bond acceptors (Lipinski definition) is 5. The molecule has 0 radical (unpaired) electrons. The zero-order valence-corrected chi connectivity index (χ0v) is 21.4. The van der Waals surface area contributed by atoms with E-state index in [1.54, 1.807) is 6.20 Å². The molecule has 2 aromatic carbocycles. The van der Waals surface area contributed by atoms with E-state index in [2.05, 4.69) is 40.7 Å². The second kappa shape index (κ2) is 14.8. The monoisotopic (exact) mass is 538 g/mol. The number of hydrogen-bond donors (Lipinski definition) is 2. The molecule has 1 aromatic heterocycles. The maximum Gasteiger partial charge on any atom is 0.328 e. The minimum absolute atomic E-state index is 0.250. The lowest BCUT2D eigenvalue weighted by atomic mass is 10.1. The molecular formula is C24H24Cl2N2O4S2. The quantitative estimate of drug-likeness (QED) is 0.171. The lowest BCUT2D eigenvalue weighted by Gasteiger charge is -2.19. The zero-order valence-electron chi connectivity index (χ0n) is 18.3. The van der Waals surface area contributed by atoms with Crippen molar-refractivity contribution < 1.29 is 19.8 Å². The Kier molecular flexibility index (Phi) is 12.1. The van der Waals surface area contributed by atoms with Crippen molar-refractivity contribution in [2.45, 2.75) is 24.5 Å². The van der Waals surface area contributed by atoms with Crippen molar-refractivity contribution in [3.05, 3.63) is 100 Å². The van der Waals surface area contributed by atoms with Crippen LogP contribution >= 0.6 is 46.7 Å². The molecular weight excluding hydrogens is 515 g/mol. The van der Waals surface area contributed by atoms with Gasteiger partial charge in [0, 0.05) is 57.2 Å². The summed E-state index contributed by atoms with van der Waals surface area (Å²) in [5, 5.41) is 18.3. The molecule has 1 atom stereocenters. The number of halogens is 2. The third-order valence-electron chi connectivity index (χ3n) is 4.36. The van der Waals surface area contributed by atoms with E-state index in [0.717, 1.165) is 28.0 Å². The van der Waals surface area contributed by atoms with E-state index in [0.29, 0.717) is 17.2 Å². The number of nitrogens with zero attached hydrogens (tertiary/aromatic N) is 2. The van der Waals surface area contributed by atoms with Crippen LogP contribution in [0.4, 0.5) is 0 Å². The Bertz CT molecular complexity index is 1070. The van der Waals surface area contributed by atoms with Crippen molar-refractivity contribution in [1.29, 1.82) is 0 Å². The molecule has 0 aliphatic carbocycles.